The molecular weight excluding hydrogens is 336 g/mol. The quantitative estimate of drug-likeness (QED) is 0.725. The van der Waals surface area contributed by atoms with Crippen LogP contribution in [-0.2, 0) is 23.0 Å². The van der Waals surface area contributed by atoms with Crippen molar-refractivity contribution >= 4 is 22.6 Å². The van der Waals surface area contributed by atoms with Crippen LogP contribution in [0.15, 0.2) is 29.1 Å². The summed E-state index contributed by atoms with van der Waals surface area (Å²) < 4.78 is 6.78. The number of carbonyl (C=O) groups is 1. The lowest BCUT2D eigenvalue weighted by atomic mass is 10.1. The molecule has 1 saturated heterocycles. The van der Waals surface area contributed by atoms with Crippen LogP contribution in [0, 0.1) is 0 Å². The van der Waals surface area contributed by atoms with Crippen molar-refractivity contribution in [2.45, 2.75) is 25.4 Å². The summed E-state index contributed by atoms with van der Waals surface area (Å²) in [4.78, 5) is 28.8. The predicted octanol–water partition coefficient (Wildman–Crippen LogP) is 1.08. The smallest absolute Gasteiger partial charge is 0.274 e. The van der Waals surface area contributed by atoms with Gasteiger partial charge in [0.1, 0.15) is 6.10 Å². The minimum absolute atomic E-state index is 0.0123. The van der Waals surface area contributed by atoms with Crippen molar-refractivity contribution in [2.75, 3.05) is 11.9 Å². The van der Waals surface area contributed by atoms with E-state index in [1.807, 2.05) is 6.07 Å². The number of hydrogen-bond donors (Lipinski definition) is 2. The standard InChI is InChI=1S/C17H18N6O3/c1-23-16(25)11-6-3-2-5-10(11)12(22-23)9-14(24)18-17-19-15(20-21-17)13-7-4-8-26-13/h2-3,5-6,13H,4,7-9H2,1H3,(H2,18,19,20,21,24)/t13-/m1/s1. The molecule has 2 N–H and O–H groups in total. The molecule has 0 bridgehead atoms. The third-order valence-electron chi connectivity index (χ3n) is 4.35. The first-order valence-electron chi connectivity index (χ1n) is 8.40. The molecule has 0 unspecified atom stereocenters. The molecule has 26 heavy (non-hydrogen) atoms. The molecule has 1 aliphatic heterocycles. The average Bonchev–Trinajstić information content (AvgIpc) is 3.31. The fourth-order valence-electron chi connectivity index (χ4n) is 3.09. The summed E-state index contributed by atoms with van der Waals surface area (Å²) in [5.41, 5.74) is 0.329. The van der Waals surface area contributed by atoms with Crippen LogP contribution < -0.4 is 10.9 Å². The Morgan fingerprint density at radius 1 is 1.38 bits per heavy atom. The van der Waals surface area contributed by atoms with Crippen molar-refractivity contribution in [3.8, 4) is 0 Å². The lowest BCUT2D eigenvalue weighted by Crippen LogP contribution is -2.24. The number of nitrogens with one attached hydrogen (secondary N) is 2. The zero-order valence-electron chi connectivity index (χ0n) is 14.2. The van der Waals surface area contributed by atoms with Crippen molar-refractivity contribution in [1.82, 2.24) is 25.0 Å². The minimum Gasteiger partial charge on any atom is -0.370 e. The van der Waals surface area contributed by atoms with E-state index in [9.17, 15) is 9.59 Å². The van der Waals surface area contributed by atoms with Gasteiger partial charge >= 0.3 is 0 Å². The molecule has 0 aliphatic carbocycles. The summed E-state index contributed by atoms with van der Waals surface area (Å²) >= 11 is 0. The molecule has 1 amide bonds. The number of carbonyl (C=O) groups excluding carboxylic acids is 1. The Kier molecular flexibility index (Phi) is 4.21. The number of aromatic amines is 1. The van der Waals surface area contributed by atoms with Crippen LogP contribution in [0.25, 0.3) is 10.8 Å². The number of hydrogen-bond acceptors (Lipinski definition) is 6. The van der Waals surface area contributed by atoms with E-state index in [0.29, 0.717) is 28.9 Å². The Balaban J connectivity index is 1.53. The van der Waals surface area contributed by atoms with E-state index >= 15 is 0 Å². The topological polar surface area (TPSA) is 115 Å². The number of aryl methyl sites for hydroxylation is 1. The van der Waals surface area contributed by atoms with Crippen molar-refractivity contribution in [2.24, 2.45) is 7.05 Å². The number of H-pyrrole nitrogens is 1. The van der Waals surface area contributed by atoms with Crippen molar-refractivity contribution in [1.29, 1.82) is 0 Å². The molecule has 0 radical (unpaired) electrons. The number of benzene rings is 1. The van der Waals surface area contributed by atoms with Gasteiger partial charge in [-0.05, 0) is 18.9 Å². The Hall–Kier alpha value is -3.07. The lowest BCUT2D eigenvalue weighted by molar-refractivity contribution is -0.115. The maximum absolute atomic E-state index is 12.4. The molecule has 0 saturated carbocycles. The second kappa shape index (κ2) is 6.68. The number of rotatable bonds is 4. The highest BCUT2D eigenvalue weighted by Gasteiger charge is 2.22. The molecule has 1 aliphatic rings. The third kappa shape index (κ3) is 3.08. The van der Waals surface area contributed by atoms with Gasteiger partial charge in [0, 0.05) is 19.0 Å². The molecule has 0 spiro atoms. The molecule has 134 valence electrons. The van der Waals surface area contributed by atoms with E-state index in [1.165, 1.54) is 4.68 Å². The minimum atomic E-state index is -0.306. The van der Waals surface area contributed by atoms with Crippen LogP contribution in [0.1, 0.15) is 30.5 Å². The van der Waals surface area contributed by atoms with Crippen LogP contribution in [0.3, 0.4) is 0 Å². The van der Waals surface area contributed by atoms with E-state index in [4.69, 9.17) is 4.74 Å². The summed E-state index contributed by atoms with van der Waals surface area (Å²) in [5.74, 6) is 0.511. The zero-order chi connectivity index (χ0) is 18.1. The molecule has 2 aromatic heterocycles. The van der Waals surface area contributed by atoms with E-state index in [0.717, 1.165) is 12.8 Å². The number of ether oxygens (including phenoxy) is 1. The SMILES string of the molecule is Cn1nc(CC(=O)Nc2n[nH]c([C@H]3CCCO3)n2)c2ccccc2c1=O. The van der Waals surface area contributed by atoms with E-state index < -0.39 is 0 Å². The van der Waals surface area contributed by atoms with Gasteiger partial charge in [-0.25, -0.2) is 4.68 Å². The second-order valence-electron chi connectivity index (χ2n) is 6.19. The Bertz CT molecular complexity index is 1020. The van der Waals surface area contributed by atoms with Crippen LogP contribution in [0.5, 0.6) is 0 Å². The van der Waals surface area contributed by atoms with Crippen LogP contribution in [0.4, 0.5) is 5.95 Å². The van der Waals surface area contributed by atoms with Crippen LogP contribution in [-0.4, -0.2) is 37.5 Å². The molecule has 1 atom stereocenters. The number of nitrogens with zero attached hydrogens (tertiary/aromatic N) is 4. The first-order chi connectivity index (χ1) is 12.6. The van der Waals surface area contributed by atoms with Gasteiger partial charge in [0.15, 0.2) is 5.82 Å². The van der Waals surface area contributed by atoms with Gasteiger partial charge in [-0.1, -0.05) is 18.2 Å². The lowest BCUT2D eigenvalue weighted by Gasteiger charge is -2.07. The summed E-state index contributed by atoms with van der Waals surface area (Å²) in [7, 11) is 1.57. The van der Waals surface area contributed by atoms with E-state index in [-0.39, 0.29) is 29.9 Å². The van der Waals surface area contributed by atoms with Crippen molar-refractivity contribution < 1.29 is 9.53 Å². The number of aromatic nitrogens is 5. The van der Waals surface area contributed by atoms with Gasteiger partial charge in [-0.3, -0.25) is 20.0 Å². The van der Waals surface area contributed by atoms with Gasteiger partial charge in [-0.15, -0.1) is 5.10 Å². The molecule has 1 fully saturated rings. The summed E-state index contributed by atoms with van der Waals surface area (Å²) in [6.07, 6.45) is 1.79. The highest BCUT2D eigenvalue weighted by Crippen LogP contribution is 2.26. The molecule has 9 heteroatoms. The maximum atomic E-state index is 12.4. The molecule has 3 heterocycles. The largest absolute Gasteiger partial charge is 0.370 e. The first kappa shape index (κ1) is 16.4. The Morgan fingerprint density at radius 3 is 2.96 bits per heavy atom. The fraction of sp³-hybridized carbons (Fsp3) is 0.353. The summed E-state index contributed by atoms with van der Waals surface area (Å²) in [5, 5.41) is 14.9. The molecule has 4 rings (SSSR count). The van der Waals surface area contributed by atoms with Gasteiger partial charge in [0.25, 0.3) is 5.56 Å². The third-order valence-corrected chi connectivity index (χ3v) is 4.35. The van der Waals surface area contributed by atoms with Gasteiger partial charge in [0.05, 0.1) is 17.5 Å². The zero-order valence-corrected chi connectivity index (χ0v) is 14.2. The van der Waals surface area contributed by atoms with E-state index in [1.54, 1.807) is 25.2 Å². The maximum Gasteiger partial charge on any atom is 0.274 e. The number of anilines is 1. The average molecular weight is 354 g/mol. The monoisotopic (exact) mass is 354 g/mol. The summed E-state index contributed by atoms with van der Waals surface area (Å²) in [6.45, 7) is 0.707. The van der Waals surface area contributed by atoms with Gasteiger partial charge < -0.3 is 4.74 Å². The number of amides is 1. The number of fused-ring (bicyclic) bond motifs is 1. The van der Waals surface area contributed by atoms with Gasteiger partial charge in [0.2, 0.25) is 11.9 Å². The van der Waals surface area contributed by atoms with Crippen LogP contribution >= 0.6 is 0 Å². The fourth-order valence-corrected chi connectivity index (χ4v) is 3.09. The molecule has 9 nitrogen and oxygen atoms in total. The highest BCUT2D eigenvalue weighted by atomic mass is 16.5. The molecular formula is C17H18N6O3. The Labute approximate surface area is 148 Å². The van der Waals surface area contributed by atoms with Crippen molar-refractivity contribution in [3.05, 3.63) is 46.1 Å². The predicted molar refractivity (Wildman–Crippen MR) is 93.6 cm³/mol. The summed E-state index contributed by atoms with van der Waals surface area (Å²) in [6, 6.07) is 7.11. The van der Waals surface area contributed by atoms with Crippen LogP contribution in [0.2, 0.25) is 0 Å². The Morgan fingerprint density at radius 2 is 2.19 bits per heavy atom. The van der Waals surface area contributed by atoms with E-state index in [2.05, 4.69) is 25.6 Å². The highest BCUT2D eigenvalue weighted by molar-refractivity contribution is 5.94. The molecule has 3 aromatic rings. The molecule has 1 aromatic carbocycles. The normalized spacial score (nSPS) is 16.9. The second-order valence-corrected chi connectivity index (χ2v) is 6.19. The first-order valence-corrected chi connectivity index (χ1v) is 8.40. The van der Waals surface area contributed by atoms with Crippen molar-refractivity contribution in [3.63, 3.8) is 0 Å². The van der Waals surface area contributed by atoms with Gasteiger partial charge in [-0.2, -0.15) is 10.1 Å².